The Kier molecular flexibility index (Phi) is 4.94. The van der Waals surface area contributed by atoms with Gasteiger partial charge in [-0.25, -0.2) is 13.6 Å². The second kappa shape index (κ2) is 6.36. The van der Waals surface area contributed by atoms with E-state index in [1.165, 1.54) is 19.3 Å². The predicted molar refractivity (Wildman–Crippen MR) is 84.1 cm³/mol. The van der Waals surface area contributed by atoms with Gasteiger partial charge in [-0.15, -0.1) is 0 Å². The normalized spacial score (nSPS) is 17.2. The molecule has 0 aromatic heterocycles. The predicted octanol–water partition coefficient (Wildman–Crippen LogP) is 3.48. The summed E-state index contributed by atoms with van der Waals surface area (Å²) < 4.78 is 29.5. The number of benzene rings is 1. The zero-order valence-electron chi connectivity index (χ0n) is 13.1. The van der Waals surface area contributed by atoms with Crippen LogP contribution in [0.3, 0.4) is 0 Å². The van der Waals surface area contributed by atoms with Crippen LogP contribution < -0.4 is 9.88 Å². The monoisotopic (exact) mass is 311 g/mol. The number of hydrogen-bond donors (Lipinski definition) is 1. The molecule has 1 aliphatic carbocycles. The van der Waals surface area contributed by atoms with Crippen LogP contribution in [0.5, 0.6) is 5.75 Å². The van der Waals surface area contributed by atoms with Gasteiger partial charge in [0.1, 0.15) is 5.75 Å². The summed E-state index contributed by atoms with van der Waals surface area (Å²) in [5, 5.41) is 5.29. The molecule has 118 valence electrons. The fourth-order valence-corrected chi connectivity index (χ4v) is 3.70. The zero-order chi connectivity index (χ0) is 15.6. The highest BCUT2D eigenvalue weighted by Crippen LogP contribution is 2.33. The third-order valence-corrected chi connectivity index (χ3v) is 5.13. The molecule has 0 amide bonds. The van der Waals surface area contributed by atoms with Crippen LogP contribution in [0.4, 0.5) is 0 Å². The lowest BCUT2D eigenvalue weighted by atomic mass is 9.96. The van der Waals surface area contributed by atoms with E-state index in [1.807, 2.05) is 19.9 Å². The van der Waals surface area contributed by atoms with Crippen LogP contribution in [0.2, 0.25) is 0 Å². The summed E-state index contributed by atoms with van der Waals surface area (Å²) in [6.07, 6.45) is 6.09. The van der Waals surface area contributed by atoms with Crippen molar-refractivity contribution in [2.75, 3.05) is 0 Å². The minimum Gasteiger partial charge on any atom is -0.490 e. The average Bonchev–Trinajstić information content (AvgIpc) is 2.38. The topological polar surface area (TPSA) is 69.4 Å². The summed E-state index contributed by atoms with van der Waals surface area (Å²) >= 11 is 0. The van der Waals surface area contributed by atoms with Gasteiger partial charge in [-0.05, 0) is 61.8 Å². The molecule has 4 nitrogen and oxygen atoms in total. The Bertz CT molecular complexity index is 602. The van der Waals surface area contributed by atoms with Crippen LogP contribution in [0, 0.1) is 6.92 Å². The summed E-state index contributed by atoms with van der Waals surface area (Å²) in [6.45, 7) is 5.83. The lowest BCUT2D eigenvalue weighted by Crippen LogP contribution is -2.21. The molecule has 1 aromatic carbocycles. The molecule has 0 spiro atoms. The van der Waals surface area contributed by atoms with Gasteiger partial charge >= 0.3 is 0 Å². The van der Waals surface area contributed by atoms with Crippen molar-refractivity contribution in [2.45, 2.75) is 69.8 Å². The molecule has 0 unspecified atom stereocenters. The Labute approximate surface area is 127 Å². The van der Waals surface area contributed by atoms with Gasteiger partial charge in [0.05, 0.1) is 11.0 Å². The van der Waals surface area contributed by atoms with Gasteiger partial charge < -0.3 is 4.74 Å². The third kappa shape index (κ3) is 3.98. The fraction of sp³-hybridized carbons (Fsp3) is 0.625. The van der Waals surface area contributed by atoms with Gasteiger partial charge in [-0.1, -0.05) is 20.3 Å². The first-order valence-electron chi connectivity index (χ1n) is 7.63. The van der Waals surface area contributed by atoms with Gasteiger partial charge in [0, 0.05) is 0 Å². The Balaban J connectivity index is 2.38. The number of primary sulfonamides is 1. The van der Waals surface area contributed by atoms with Gasteiger partial charge in [-0.3, -0.25) is 0 Å². The summed E-state index contributed by atoms with van der Waals surface area (Å²) in [6, 6.07) is 3.50. The summed E-state index contributed by atoms with van der Waals surface area (Å²) in [5.74, 6) is 0.992. The van der Waals surface area contributed by atoms with Crippen LogP contribution in [0.1, 0.15) is 63.0 Å². The van der Waals surface area contributed by atoms with E-state index in [-0.39, 0.29) is 16.9 Å². The minimum absolute atomic E-state index is 0.185. The van der Waals surface area contributed by atoms with E-state index in [4.69, 9.17) is 9.88 Å². The summed E-state index contributed by atoms with van der Waals surface area (Å²) in [5.41, 5.74) is 1.56. The highest BCUT2D eigenvalue weighted by atomic mass is 32.2. The van der Waals surface area contributed by atoms with Crippen molar-refractivity contribution in [1.29, 1.82) is 0 Å². The molecule has 0 atom stereocenters. The van der Waals surface area contributed by atoms with Crippen molar-refractivity contribution in [3.63, 3.8) is 0 Å². The van der Waals surface area contributed by atoms with E-state index < -0.39 is 10.0 Å². The Morgan fingerprint density at radius 3 is 2.33 bits per heavy atom. The maximum Gasteiger partial charge on any atom is 0.238 e. The van der Waals surface area contributed by atoms with Crippen molar-refractivity contribution in [1.82, 2.24) is 0 Å². The van der Waals surface area contributed by atoms with Gasteiger partial charge in [0.25, 0.3) is 0 Å². The number of sulfonamides is 1. The third-order valence-electron chi connectivity index (χ3n) is 4.08. The quantitative estimate of drug-likeness (QED) is 0.925. The van der Waals surface area contributed by atoms with Crippen molar-refractivity contribution in [3.8, 4) is 5.75 Å². The highest BCUT2D eigenvalue weighted by molar-refractivity contribution is 7.89. The Morgan fingerprint density at radius 1 is 1.19 bits per heavy atom. The zero-order valence-corrected chi connectivity index (χ0v) is 13.9. The fourth-order valence-electron chi connectivity index (χ4n) is 2.90. The van der Waals surface area contributed by atoms with Crippen molar-refractivity contribution < 1.29 is 13.2 Å². The molecule has 1 fully saturated rings. The number of nitrogens with two attached hydrogens (primary N) is 1. The van der Waals surface area contributed by atoms with Crippen molar-refractivity contribution in [2.24, 2.45) is 5.14 Å². The lowest BCUT2D eigenvalue weighted by molar-refractivity contribution is 0.153. The molecule has 0 saturated heterocycles. The SMILES string of the molecule is Cc1cc(OC2CCCCC2)c(C(C)C)cc1S(N)(=O)=O. The summed E-state index contributed by atoms with van der Waals surface area (Å²) in [4.78, 5) is 0.196. The molecule has 0 aliphatic heterocycles. The van der Waals surface area contributed by atoms with Gasteiger partial charge in [0.15, 0.2) is 0 Å². The number of rotatable bonds is 4. The molecular formula is C16H25NO3S. The van der Waals surface area contributed by atoms with Crippen LogP contribution >= 0.6 is 0 Å². The van der Waals surface area contributed by atoms with E-state index in [0.717, 1.165) is 24.2 Å². The van der Waals surface area contributed by atoms with Crippen LogP contribution in [-0.4, -0.2) is 14.5 Å². The van der Waals surface area contributed by atoms with E-state index >= 15 is 0 Å². The van der Waals surface area contributed by atoms with Crippen molar-refractivity contribution in [3.05, 3.63) is 23.3 Å². The average molecular weight is 311 g/mol. The molecule has 1 saturated carbocycles. The van der Waals surface area contributed by atoms with E-state index in [9.17, 15) is 8.42 Å². The van der Waals surface area contributed by atoms with E-state index in [1.54, 1.807) is 13.0 Å². The van der Waals surface area contributed by atoms with Crippen LogP contribution in [0.25, 0.3) is 0 Å². The van der Waals surface area contributed by atoms with Crippen LogP contribution in [-0.2, 0) is 10.0 Å². The maximum atomic E-state index is 11.7. The molecule has 2 N–H and O–H groups in total. The second-order valence-corrected chi connectivity index (χ2v) is 7.76. The first-order valence-corrected chi connectivity index (χ1v) is 9.17. The minimum atomic E-state index is -3.69. The smallest absolute Gasteiger partial charge is 0.238 e. The molecule has 2 rings (SSSR count). The Morgan fingerprint density at radius 2 is 1.81 bits per heavy atom. The van der Waals surface area contributed by atoms with Crippen molar-refractivity contribution >= 4 is 10.0 Å². The van der Waals surface area contributed by atoms with Gasteiger partial charge in [0.2, 0.25) is 10.0 Å². The number of aryl methyl sites for hydroxylation is 1. The van der Waals surface area contributed by atoms with E-state index in [2.05, 4.69) is 0 Å². The molecule has 0 radical (unpaired) electrons. The standard InChI is InChI=1S/C16H25NO3S/c1-11(2)14-10-16(21(17,18)19)12(3)9-15(14)20-13-7-5-4-6-8-13/h9-11,13H,4-8H2,1-3H3,(H2,17,18,19). The second-order valence-electron chi connectivity index (χ2n) is 6.23. The Hall–Kier alpha value is -1.07. The highest BCUT2D eigenvalue weighted by Gasteiger charge is 2.21. The first kappa shape index (κ1) is 16.3. The first-order chi connectivity index (χ1) is 9.79. The molecule has 0 heterocycles. The number of hydrogen-bond acceptors (Lipinski definition) is 3. The van der Waals surface area contributed by atoms with Gasteiger partial charge in [-0.2, -0.15) is 0 Å². The maximum absolute atomic E-state index is 11.7. The van der Waals surface area contributed by atoms with E-state index in [0.29, 0.717) is 5.56 Å². The number of ether oxygens (including phenoxy) is 1. The molecule has 5 heteroatoms. The molecule has 21 heavy (non-hydrogen) atoms. The molecule has 1 aliphatic rings. The molecule has 1 aromatic rings. The summed E-state index contributed by atoms with van der Waals surface area (Å²) in [7, 11) is -3.69. The largest absolute Gasteiger partial charge is 0.490 e. The van der Waals surface area contributed by atoms with Crippen LogP contribution in [0.15, 0.2) is 17.0 Å². The lowest BCUT2D eigenvalue weighted by Gasteiger charge is -2.26. The molecule has 0 bridgehead atoms. The molecular weight excluding hydrogens is 286 g/mol.